The van der Waals surface area contributed by atoms with E-state index in [0.29, 0.717) is 12.8 Å². The fourth-order valence-corrected chi connectivity index (χ4v) is 3.51. The van der Waals surface area contributed by atoms with Crippen LogP contribution in [-0.2, 0) is 28.8 Å². The summed E-state index contributed by atoms with van der Waals surface area (Å²) >= 11 is 0. The Balaban J connectivity index is 2.92. The lowest BCUT2D eigenvalue weighted by atomic mass is 10.0. The van der Waals surface area contributed by atoms with Gasteiger partial charge in [-0.05, 0) is 31.6 Å². The van der Waals surface area contributed by atoms with Gasteiger partial charge in [-0.15, -0.1) is 0 Å². The van der Waals surface area contributed by atoms with Crippen molar-refractivity contribution in [1.29, 1.82) is 0 Å². The molecule has 0 aromatic heterocycles. The van der Waals surface area contributed by atoms with Gasteiger partial charge in [0.05, 0.1) is 6.04 Å². The molecule has 13 nitrogen and oxygen atoms in total. The third kappa shape index (κ3) is 8.67. The molecule has 0 saturated carbocycles. The van der Waals surface area contributed by atoms with Gasteiger partial charge in [0, 0.05) is 19.4 Å². The molecule has 4 atom stereocenters. The third-order valence-corrected chi connectivity index (χ3v) is 5.37. The molecule has 4 amide bonds. The first kappa shape index (κ1) is 27.8. The Morgan fingerprint density at radius 1 is 1.03 bits per heavy atom. The van der Waals surface area contributed by atoms with Crippen LogP contribution in [-0.4, -0.2) is 81.4 Å². The van der Waals surface area contributed by atoms with Crippen LogP contribution in [0.15, 0.2) is 0 Å². The average Bonchev–Trinajstić information content (AvgIpc) is 3.21. The van der Waals surface area contributed by atoms with Gasteiger partial charge in [0.2, 0.25) is 23.6 Å². The number of likely N-dealkylation sites (tertiary alicyclic amines) is 1. The average molecular weight is 472 g/mol. The number of amides is 4. The van der Waals surface area contributed by atoms with Gasteiger partial charge in [0.15, 0.2) is 0 Å². The minimum absolute atomic E-state index is 0.0889. The first-order chi connectivity index (χ1) is 15.3. The summed E-state index contributed by atoms with van der Waals surface area (Å²) in [4.78, 5) is 72.8. The molecule has 13 heteroatoms. The Morgan fingerprint density at radius 2 is 1.67 bits per heavy atom. The van der Waals surface area contributed by atoms with Crippen molar-refractivity contribution in [1.82, 2.24) is 15.5 Å². The quantitative estimate of drug-likeness (QED) is 0.177. The standard InChI is InChI=1S/C20H33N5O8/c1-10(2)16(20(32)33)24-17(29)12(6-7-14(22)26)23-18(30)13-4-3-9-25(13)19(31)11(21)5-8-15(27)28/h10-13,16H,3-9,21H2,1-2H3,(H2,22,26)(H,23,30)(H,24,29)(H,27,28)(H,32,33). The second kappa shape index (κ2) is 12.7. The van der Waals surface area contributed by atoms with Gasteiger partial charge < -0.3 is 37.2 Å². The van der Waals surface area contributed by atoms with E-state index >= 15 is 0 Å². The van der Waals surface area contributed by atoms with Crippen LogP contribution >= 0.6 is 0 Å². The van der Waals surface area contributed by atoms with Crippen LogP contribution in [0.1, 0.15) is 52.4 Å². The van der Waals surface area contributed by atoms with Gasteiger partial charge >= 0.3 is 11.9 Å². The summed E-state index contributed by atoms with van der Waals surface area (Å²) in [6, 6.07) is -4.48. The van der Waals surface area contributed by atoms with E-state index in [0.717, 1.165) is 0 Å². The van der Waals surface area contributed by atoms with Crippen LogP contribution in [0.2, 0.25) is 0 Å². The van der Waals surface area contributed by atoms with Crippen molar-refractivity contribution in [2.45, 2.75) is 76.5 Å². The fourth-order valence-electron chi connectivity index (χ4n) is 3.51. The molecule has 1 fully saturated rings. The topological polar surface area (TPSA) is 222 Å². The molecule has 0 radical (unpaired) electrons. The normalized spacial score (nSPS) is 18.3. The largest absolute Gasteiger partial charge is 0.481 e. The van der Waals surface area contributed by atoms with Crippen LogP contribution in [0.25, 0.3) is 0 Å². The van der Waals surface area contributed by atoms with Crippen molar-refractivity contribution in [2.24, 2.45) is 17.4 Å². The van der Waals surface area contributed by atoms with Gasteiger partial charge in [-0.3, -0.25) is 24.0 Å². The van der Waals surface area contributed by atoms with Crippen molar-refractivity contribution in [3.05, 3.63) is 0 Å². The van der Waals surface area contributed by atoms with E-state index in [1.807, 2.05) is 0 Å². The molecule has 186 valence electrons. The number of carbonyl (C=O) groups is 6. The summed E-state index contributed by atoms with van der Waals surface area (Å²) in [7, 11) is 0. The Bertz CT molecular complexity index is 772. The van der Waals surface area contributed by atoms with Crippen molar-refractivity contribution in [3.8, 4) is 0 Å². The second-order valence-electron chi connectivity index (χ2n) is 8.36. The molecule has 1 rings (SSSR count). The third-order valence-electron chi connectivity index (χ3n) is 5.37. The highest BCUT2D eigenvalue weighted by molar-refractivity contribution is 5.94. The van der Waals surface area contributed by atoms with Crippen molar-refractivity contribution >= 4 is 35.6 Å². The molecule has 1 saturated heterocycles. The lowest BCUT2D eigenvalue weighted by Gasteiger charge is -2.28. The highest BCUT2D eigenvalue weighted by Gasteiger charge is 2.38. The number of hydrogen-bond donors (Lipinski definition) is 6. The Morgan fingerprint density at radius 3 is 2.18 bits per heavy atom. The van der Waals surface area contributed by atoms with E-state index in [-0.39, 0.29) is 32.2 Å². The SMILES string of the molecule is CC(C)C(NC(=O)C(CCC(N)=O)NC(=O)C1CCCN1C(=O)C(N)CCC(=O)O)C(=O)O. The number of aliphatic carboxylic acids is 2. The maximum Gasteiger partial charge on any atom is 0.326 e. The highest BCUT2D eigenvalue weighted by atomic mass is 16.4. The zero-order valence-electron chi connectivity index (χ0n) is 18.8. The number of hydrogen-bond acceptors (Lipinski definition) is 7. The number of carboxylic acid groups (broad SMARTS) is 2. The lowest BCUT2D eigenvalue weighted by Crippen LogP contribution is -2.57. The maximum absolute atomic E-state index is 12.9. The van der Waals surface area contributed by atoms with E-state index in [2.05, 4.69) is 10.6 Å². The summed E-state index contributed by atoms with van der Waals surface area (Å²) in [5.74, 6) is -5.51. The van der Waals surface area contributed by atoms with Crippen molar-refractivity contribution in [2.75, 3.05) is 6.54 Å². The van der Waals surface area contributed by atoms with Crippen LogP contribution in [0.4, 0.5) is 0 Å². The molecule has 0 aliphatic carbocycles. The minimum Gasteiger partial charge on any atom is -0.481 e. The van der Waals surface area contributed by atoms with E-state index in [9.17, 15) is 33.9 Å². The Hall–Kier alpha value is -3.22. The summed E-state index contributed by atoms with van der Waals surface area (Å²) in [6.45, 7) is 3.45. The van der Waals surface area contributed by atoms with E-state index in [4.69, 9.17) is 16.6 Å². The van der Waals surface area contributed by atoms with Crippen LogP contribution < -0.4 is 22.1 Å². The number of carbonyl (C=O) groups excluding carboxylic acids is 4. The number of rotatable bonds is 13. The Kier molecular flexibility index (Phi) is 10.7. The number of nitrogens with one attached hydrogen (secondary N) is 2. The van der Waals surface area contributed by atoms with E-state index in [1.165, 1.54) is 4.90 Å². The molecule has 1 heterocycles. The Labute approximate surface area is 191 Å². The zero-order valence-corrected chi connectivity index (χ0v) is 18.8. The molecule has 33 heavy (non-hydrogen) atoms. The first-order valence-electron chi connectivity index (χ1n) is 10.7. The van der Waals surface area contributed by atoms with Crippen LogP contribution in [0.5, 0.6) is 0 Å². The molecule has 1 aliphatic rings. The smallest absolute Gasteiger partial charge is 0.326 e. The van der Waals surface area contributed by atoms with Gasteiger partial charge in [-0.2, -0.15) is 0 Å². The number of primary amides is 1. The molecule has 0 spiro atoms. The second-order valence-corrected chi connectivity index (χ2v) is 8.36. The zero-order chi connectivity index (χ0) is 25.3. The lowest BCUT2D eigenvalue weighted by molar-refractivity contribution is -0.144. The number of nitrogens with zero attached hydrogens (tertiary/aromatic N) is 1. The maximum atomic E-state index is 12.9. The van der Waals surface area contributed by atoms with E-state index in [1.54, 1.807) is 13.8 Å². The van der Waals surface area contributed by atoms with Gasteiger partial charge in [-0.25, -0.2) is 4.79 Å². The molecule has 8 N–H and O–H groups in total. The number of nitrogens with two attached hydrogens (primary N) is 2. The molecule has 1 aliphatic heterocycles. The minimum atomic E-state index is -1.25. The molecule has 0 aromatic carbocycles. The van der Waals surface area contributed by atoms with E-state index < -0.39 is 65.7 Å². The molecule has 0 bridgehead atoms. The van der Waals surface area contributed by atoms with Gasteiger partial charge in [0.25, 0.3) is 0 Å². The molecular weight excluding hydrogens is 438 g/mol. The van der Waals surface area contributed by atoms with Gasteiger partial charge in [-0.1, -0.05) is 13.8 Å². The monoisotopic (exact) mass is 471 g/mol. The van der Waals surface area contributed by atoms with Crippen molar-refractivity contribution in [3.63, 3.8) is 0 Å². The van der Waals surface area contributed by atoms with Crippen molar-refractivity contribution < 1.29 is 39.0 Å². The van der Waals surface area contributed by atoms with Crippen LogP contribution in [0, 0.1) is 5.92 Å². The predicted octanol–water partition coefficient (Wildman–Crippen LogP) is -1.85. The fraction of sp³-hybridized carbons (Fsp3) is 0.700. The van der Waals surface area contributed by atoms with Gasteiger partial charge in [0.1, 0.15) is 18.1 Å². The predicted molar refractivity (Wildman–Crippen MR) is 114 cm³/mol. The van der Waals surface area contributed by atoms with Crippen LogP contribution in [0.3, 0.4) is 0 Å². The molecule has 4 unspecified atom stereocenters. The first-order valence-corrected chi connectivity index (χ1v) is 10.7. The summed E-state index contributed by atoms with van der Waals surface area (Å²) in [5.41, 5.74) is 10.9. The highest BCUT2D eigenvalue weighted by Crippen LogP contribution is 2.19. The summed E-state index contributed by atoms with van der Waals surface area (Å²) in [5, 5.41) is 22.9. The number of carboxylic acids is 2. The molecular formula is C20H33N5O8. The summed E-state index contributed by atoms with van der Waals surface area (Å²) in [6.07, 6.45) is 0.0302. The summed E-state index contributed by atoms with van der Waals surface area (Å²) < 4.78 is 0. The molecule has 0 aromatic rings.